The predicted octanol–water partition coefficient (Wildman–Crippen LogP) is 2.70. The molecule has 2 fully saturated rings. The van der Waals surface area contributed by atoms with Crippen molar-refractivity contribution in [2.24, 2.45) is 5.41 Å². The smallest absolute Gasteiger partial charge is 0.410 e. The van der Waals surface area contributed by atoms with Gasteiger partial charge in [0.25, 0.3) is 0 Å². The van der Waals surface area contributed by atoms with E-state index in [-0.39, 0.29) is 12.3 Å². The Morgan fingerprint density at radius 1 is 1.42 bits per heavy atom. The Labute approximate surface area is 113 Å². The molecule has 0 bridgehead atoms. The van der Waals surface area contributed by atoms with Gasteiger partial charge in [-0.25, -0.2) is 9.18 Å². The molecule has 1 aliphatic carbocycles. The number of hydrogen-bond acceptors (Lipinski definition) is 3. The van der Waals surface area contributed by atoms with Crippen LogP contribution in [-0.4, -0.2) is 41.6 Å². The van der Waals surface area contributed by atoms with Crippen LogP contribution >= 0.6 is 0 Å². The normalized spacial score (nSPS) is 31.9. The van der Waals surface area contributed by atoms with Crippen LogP contribution in [0.5, 0.6) is 0 Å². The number of amides is 1. The summed E-state index contributed by atoms with van der Waals surface area (Å²) in [5.41, 5.74) is -1.40. The molecule has 2 atom stereocenters. The van der Waals surface area contributed by atoms with Gasteiger partial charge in [0, 0.05) is 13.0 Å². The Hall–Kier alpha value is -1.13. The zero-order valence-corrected chi connectivity index (χ0v) is 11.9. The van der Waals surface area contributed by atoms with Crippen molar-refractivity contribution < 1.29 is 18.7 Å². The van der Waals surface area contributed by atoms with Crippen molar-refractivity contribution in [2.45, 2.75) is 58.2 Å². The van der Waals surface area contributed by atoms with E-state index < -0.39 is 23.3 Å². The summed E-state index contributed by atoms with van der Waals surface area (Å²) in [5, 5.41) is 0. The van der Waals surface area contributed by atoms with Crippen molar-refractivity contribution in [3.63, 3.8) is 0 Å². The third-order valence-electron chi connectivity index (χ3n) is 4.04. The molecule has 2 rings (SSSR count). The molecule has 1 spiro atoms. The van der Waals surface area contributed by atoms with Gasteiger partial charge < -0.3 is 9.64 Å². The molecule has 4 nitrogen and oxygen atoms in total. The lowest BCUT2D eigenvalue weighted by atomic mass is 9.75. The Morgan fingerprint density at radius 3 is 2.58 bits per heavy atom. The molecule has 2 unspecified atom stereocenters. The molecule has 0 radical (unpaired) electrons. The van der Waals surface area contributed by atoms with Crippen molar-refractivity contribution in [1.82, 2.24) is 4.90 Å². The van der Waals surface area contributed by atoms with Crippen LogP contribution in [0.2, 0.25) is 0 Å². The summed E-state index contributed by atoms with van der Waals surface area (Å²) in [6.07, 6.45) is 0.541. The third-order valence-corrected chi connectivity index (χ3v) is 4.04. The highest BCUT2D eigenvalue weighted by molar-refractivity contribution is 5.87. The van der Waals surface area contributed by atoms with Crippen LogP contribution in [0.3, 0.4) is 0 Å². The van der Waals surface area contributed by atoms with Gasteiger partial charge in [0.05, 0.1) is 12.0 Å². The Bertz CT molecular complexity index is 391. The van der Waals surface area contributed by atoms with Crippen LogP contribution in [-0.2, 0) is 9.53 Å². The maximum absolute atomic E-state index is 14.4. The molecule has 2 aliphatic rings. The summed E-state index contributed by atoms with van der Waals surface area (Å²) < 4.78 is 19.6. The highest BCUT2D eigenvalue weighted by Crippen LogP contribution is 2.45. The summed E-state index contributed by atoms with van der Waals surface area (Å²) in [6, 6.07) is 0. The van der Waals surface area contributed by atoms with Crippen molar-refractivity contribution in [2.75, 3.05) is 13.1 Å². The van der Waals surface area contributed by atoms with Gasteiger partial charge in [-0.3, -0.25) is 4.79 Å². The fraction of sp³-hybridized carbons (Fsp3) is 0.857. The van der Waals surface area contributed by atoms with E-state index in [9.17, 15) is 14.0 Å². The zero-order valence-electron chi connectivity index (χ0n) is 11.9. The van der Waals surface area contributed by atoms with Crippen LogP contribution in [0.25, 0.3) is 0 Å². The molecule has 0 aromatic carbocycles. The van der Waals surface area contributed by atoms with E-state index in [0.717, 1.165) is 6.42 Å². The largest absolute Gasteiger partial charge is 0.444 e. The van der Waals surface area contributed by atoms with E-state index in [4.69, 9.17) is 4.74 Å². The molecule has 1 aliphatic heterocycles. The molecule has 19 heavy (non-hydrogen) atoms. The van der Waals surface area contributed by atoms with Gasteiger partial charge in [-0.15, -0.1) is 0 Å². The SMILES string of the molecule is CC(C)(C)OC(=O)N1CCC2(CCCC2=O)C(F)C1. The lowest BCUT2D eigenvalue weighted by Crippen LogP contribution is -2.53. The number of hydrogen-bond donors (Lipinski definition) is 0. The van der Waals surface area contributed by atoms with E-state index in [1.54, 1.807) is 20.8 Å². The van der Waals surface area contributed by atoms with Crippen LogP contribution in [0.1, 0.15) is 46.5 Å². The average Bonchev–Trinajstić information content (AvgIpc) is 2.63. The molecule has 1 saturated carbocycles. The number of ketones is 1. The van der Waals surface area contributed by atoms with Crippen LogP contribution < -0.4 is 0 Å². The number of carbonyl (C=O) groups is 2. The topological polar surface area (TPSA) is 46.6 Å². The van der Waals surface area contributed by atoms with Crippen molar-refractivity contribution in [1.29, 1.82) is 0 Å². The highest BCUT2D eigenvalue weighted by Gasteiger charge is 2.52. The molecular weight excluding hydrogens is 249 g/mol. The second-order valence-electron chi connectivity index (χ2n) is 6.58. The first-order valence-electron chi connectivity index (χ1n) is 6.90. The molecule has 0 aromatic heterocycles. The molecule has 1 saturated heterocycles. The highest BCUT2D eigenvalue weighted by atomic mass is 19.1. The minimum absolute atomic E-state index is 0.0271. The minimum Gasteiger partial charge on any atom is -0.444 e. The fourth-order valence-electron chi connectivity index (χ4n) is 2.99. The summed E-state index contributed by atoms with van der Waals surface area (Å²) in [4.78, 5) is 25.2. The second-order valence-corrected chi connectivity index (χ2v) is 6.58. The molecule has 0 aromatic rings. The van der Waals surface area contributed by atoms with Gasteiger partial charge in [-0.1, -0.05) is 0 Å². The van der Waals surface area contributed by atoms with Gasteiger partial charge >= 0.3 is 6.09 Å². The van der Waals surface area contributed by atoms with E-state index >= 15 is 0 Å². The number of alkyl halides is 1. The Balaban J connectivity index is 2.00. The number of Topliss-reactive ketones (excluding diaryl/α,β-unsaturated/α-hetero) is 1. The first-order valence-corrected chi connectivity index (χ1v) is 6.90. The molecule has 5 heteroatoms. The molecule has 1 heterocycles. The summed E-state index contributed by atoms with van der Waals surface area (Å²) in [7, 11) is 0. The summed E-state index contributed by atoms with van der Waals surface area (Å²) >= 11 is 0. The van der Waals surface area contributed by atoms with Gasteiger partial charge in [0.1, 0.15) is 17.6 Å². The minimum atomic E-state index is -1.26. The second kappa shape index (κ2) is 4.76. The van der Waals surface area contributed by atoms with Crippen molar-refractivity contribution >= 4 is 11.9 Å². The third kappa shape index (κ3) is 2.74. The zero-order chi connectivity index (χ0) is 14.3. The molecule has 108 valence electrons. The maximum atomic E-state index is 14.4. The van der Waals surface area contributed by atoms with E-state index in [1.165, 1.54) is 4.90 Å². The molecule has 0 N–H and O–H groups in total. The first-order chi connectivity index (χ1) is 8.74. The van der Waals surface area contributed by atoms with Crippen LogP contribution in [0.4, 0.5) is 9.18 Å². The predicted molar refractivity (Wildman–Crippen MR) is 68.6 cm³/mol. The van der Waals surface area contributed by atoms with Crippen LogP contribution in [0, 0.1) is 5.41 Å². The van der Waals surface area contributed by atoms with Gasteiger partial charge in [0.15, 0.2) is 0 Å². The lowest BCUT2D eigenvalue weighted by Gasteiger charge is -2.41. The van der Waals surface area contributed by atoms with E-state index in [2.05, 4.69) is 0 Å². The quantitative estimate of drug-likeness (QED) is 0.680. The molecule has 1 amide bonds. The number of rotatable bonds is 0. The Kier molecular flexibility index (Phi) is 3.58. The number of carbonyl (C=O) groups excluding carboxylic acids is 2. The van der Waals surface area contributed by atoms with Crippen molar-refractivity contribution in [3.8, 4) is 0 Å². The van der Waals surface area contributed by atoms with Gasteiger partial charge in [-0.2, -0.15) is 0 Å². The summed E-state index contributed by atoms with van der Waals surface area (Å²) in [6.45, 7) is 5.72. The molecular formula is C14H22FNO3. The van der Waals surface area contributed by atoms with Crippen LogP contribution in [0.15, 0.2) is 0 Å². The number of ether oxygens (including phenoxy) is 1. The summed E-state index contributed by atoms with van der Waals surface area (Å²) in [5.74, 6) is 0.0313. The number of halogens is 1. The van der Waals surface area contributed by atoms with E-state index in [0.29, 0.717) is 25.8 Å². The lowest BCUT2D eigenvalue weighted by molar-refractivity contribution is -0.133. The first kappa shape index (κ1) is 14.3. The fourth-order valence-corrected chi connectivity index (χ4v) is 2.99. The standard InChI is InChI=1S/C14H22FNO3/c1-13(2,3)19-12(18)16-8-7-14(10(15)9-16)6-4-5-11(14)17/h10H,4-9H2,1-3H3. The Morgan fingerprint density at radius 2 is 2.11 bits per heavy atom. The number of nitrogens with zero attached hydrogens (tertiary/aromatic N) is 1. The maximum Gasteiger partial charge on any atom is 0.410 e. The van der Waals surface area contributed by atoms with Gasteiger partial charge in [-0.05, 0) is 40.0 Å². The van der Waals surface area contributed by atoms with Gasteiger partial charge in [0.2, 0.25) is 0 Å². The average molecular weight is 271 g/mol. The van der Waals surface area contributed by atoms with Crippen molar-refractivity contribution in [3.05, 3.63) is 0 Å². The monoisotopic (exact) mass is 271 g/mol. The number of likely N-dealkylation sites (tertiary alicyclic amines) is 1. The van der Waals surface area contributed by atoms with E-state index in [1.807, 2.05) is 0 Å². The number of piperidine rings is 1.